The highest BCUT2D eigenvalue weighted by molar-refractivity contribution is 6.09. The Labute approximate surface area is 275 Å². The number of rotatable bonds is 17. The van der Waals surface area contributed by atoms with Crippen molar-refractivity contribution >= 4 is 23.3 Å². The van der Waals surface area contributed by atoms with Crippen molar-refractivity contribution in [2.45, 2.75) is 51.7 Å². The molecule has 8 heteroatoms. The number of Topliss-reactive ketones (excluding diaryl/α,β-unsaturated/α-hetero) is 1. The fourth-order valence-corrected chi connectivity index (χ4v) is 4.68. The molecule has 0 amide bonds. The number of hydrogen-bond acceptors (Lipinski definition) is 8. The van der Waals surface area contributed by atoms with Gasteiger partial charge in [-0.3, -0.25) is 14.4 Å². The zero-order valence-corrected chi connectivity index (χ0v) is 27.2. The molecule has 0 aliphatic heterocycles. The highest BCUT2D eigenvalue weighted by Crippen LogP contribution is 2.21. The molecule has 0 aromatic heterocycles. The number of ether oxygens (including phenoxy) is 4. The average Bonchev–Trinajstić information content (AvgIpc) is 3.08. The number of esters is 1. The molecule has 0 bridgehead atoms. The lowest BCUT2D eigenvalue weighted by molar-refractivity contribution is -0.160. The van der Waals surface area contributed by atoms with Gasteiger partial charge in [0.05, 0.1) is 0 Å². The van der Waals surface area contributed by atoms with Gasteiger partial charge >= 0.3 is 5.97 Å². The lowest BCUT2D eigenvalue weighted by Crippen LogP contribution is -2.39. The molecule has 8 nitrogen and oxygen atoms in total. The molecule has 0 saturated heterocycles. The summed E-state index contributed by atoms with van der Waals surface area (Å²) in [6.07, 6.45) is 1.05. The van der Waals surface area contributed by atoms with Crippen LogP contribution in [0, 0.1) is 0 Å². The van der Waals surface area contributed by atoms with Crippen molar-refractivity contribution in [1.82, 2.24) is 0 Å². The first-order valence-corrected chi connectivity index (χ1v) is 15.5. The van der Waals surface area contributed by atoms with Crippen LogP contribution in [-0.4, -0.2) is 54.3 Å². The van der Waals surface area contributed by atoms with E-state index in [-0.39, 0.29) is 37.2 Å². The lowest BCUT2D eigenvalue weighted by atomic mass is 10.0. The third-order valence-electron chi connectivity index (χ3n) is 7.48. The molecule has 244 valence electrons. The largest absolute Gasteiger partial charge is 0.486 e. The summed E-state index contributed by atoms with van der Waals surface area (Å²) < 4.78 is 22.7. The Hall–Kier alpha value is -5.08. The van der Waals surface area contributed by atoms with Crippen LogP contribution in [-0.2, 0) is 19.1 Å². The molecule has 4 aromatic rings. The van der Waals surface area contributed by atoms with E-state index in [0.29, 0.717) is 46.6 Å². The van der Waals surface area contributed by atoms with E-state index in [4.69, 9.17) is 18.9 Å². The van der Waals surface area contributed by atoms with E-state index in [2.05, 4.69) is 0 Å². The van der Waals surface area contributed by atoms with Gasteiger partial charge in [-0.2, -0.15) is 0 Å². The van der Waals surface area contributed by atoms with Crippen molar-refractivity contribution in [3.63, 3.8) is 0 Å². The molecule has 47 heavy (non-hydrogen) atoms. The summed E-state index contributed by atoms with van der Waals surface area (Å²) in [6.45, 7) is 6.80. The van der Waals surface area contributed by atoms with Gasteiger partial charge in [0, 0.05) is 28.9 Å². The monoisotopic (exact) mass is 636 g/mol. The van der Waals surface area contributed by atoms with Gasteiger partial charge in [0.25, 0.3) is 0 Å². The minimum Gasteiger partial charge on any atom is -0.486 e. The van der Waals surface area contributed by atoms with E-state index in [9.17, 15) is 19.2 Å². The molecule has 0 spiro atoms. The predicted molar refractivity (Wildman–Crippen MR) is 178 cm³/mol. The van der Waals surface area contributed by atoms with E-state index in [0.717, 1.165) is 0 Å². The molecule has 0 fully saturated rings. The Morgan fingerprint density at radius 2 is 0.979 bits per heavy atom. The van der Waals surface area contributed by atoms with E-state index in [1.807, 2.05) is 36.4 Å². The highest BCUT2D eigenvalue weighted by Gasteiger charge is 2.30. The molecule has 0 N–H and O–H groups in total. The normalized spacial score (nSPS) is 11.4. The van der Waals surface area contributed by atoms with Gasteiger partial charge < -0.3 is 18.9 Å². The second kappa shape index (κ2) is 16.0. The first-order chi connectivity index (χ1) is 22.4. The van der Waals surface area contributed by atoms with Crippen LogP contribution in [0.2, 0.25) is 0 Å². The number of hydrogen-bond donors (Lipinski definition) is 0. The van der Waals surface area contributed by atoms with Gasteiger partial charge in [-0.05, 0) is 89.1 Å². The maximum Gasteiger partial charge on any atom is 0.344 e. The molecule has 0 unspecified atom stereocenters. The zero-order chi connectivity index (χ0) is 33.9. The molecule has 0 radical (unpaired) electrons. The molecule has 0 heterocycles. The maximum atomic E-state index is 12.8. The van der Waals surface area contributed by atoms with Gasteiger partial charge in [0.15, 0.2) is 18.2 Å². The molecule has 0 saturated carbocycles. The van der Waals surface area contributed by atoms with Crippen molar-refractivity contribution in [2.75, 3.05) is 19.8 Å². The summed E-state index contributed by atoms with van der Waals surface area (Å²) in [5.41, 5.74) is 0.388. The van der Waals surface area contributed by atoms with Crippen LogP contribution >= 0.6 is 0 Å². The van der Waals surface area contributed by atoms with Crippen LogP contribution in [0.3, 0.4) is 0 Å². The maximum absolute atomic E-state index is 12.8. The van der Waals surface area contributed by atoms with Crippen molar-refractivity contribution in [3.05, 3.63) is 131 Å². The third kappa shape index (κ3) is 10.5. The second-order valence-electron chi connectivity index (χ2n) is 12.1. The summed E-state index contributed by atoms with van der Waals surface area (Å²) in [5, 5.41) is 0. The minimum absolute atomic E-state index is 0.0887. The van der Waals surface area contributed by atoms with Gasteiger partial charge in [0.1, 0.15) is 29.3 Å². The zero-order valence-electron chi connectivity index (χ0n) is 27.2. The lowest BCUT2D eigenvalue weighted by Gasteiger charge is -2.27. The Morgan fingerprint density at radius 3 is 1.45 bits per heavy atom. The smallest absolute Gasteiger partial charge is 0.344 e. The molecule has 0 aliphatic rings. The van der Waals surface area contributed by atoms with Crippen LogP contribution in [0.15, 0.2) is 109 Å². The topological polar surface area (TPSA) is 105 Å². The number of carbonyl (C=O) groups is 4. The summed E-state index contributed by atoms with van der Waals surface area (Å²) >= 11 is 0. The van der Waals surface area contributed by atoms with Crippen LogP contribution in [0.4, 0.5) is 0 Å². The summed E-state index contributed by atoms with van der Waals surface area (Å²) in [4.78, 5) is 50.5. The fraction of sp³-hybridized carbons (Fsp3) is 0.282. The highest BCUT2D eigenvalue weighted by atomic mass is 16.6. The van der Waals surface area contributed by atoms with Crippen molar-refractivity contribution in [3.8, 4) is 11.5 Å². The Morgan fingerprint density at radius 1 is 0.553 bits per heavy atom. The second-order valence-corrected chi connectivity index (χ2v) is 12.1. The average molecular weight is 637 g/mol. The summed E-state index contributed by atoms with van der Waals surface area (Å²) in [5.74, 6) is -0.0177. The molecular weight excluding hydrogens is 596 g/mol. The van der Waals surface area contributed by atoms with Crippen molar-refractivity contribution in [1.29, 1.82) is 0 Å². The van der Waals surface area contributed by atoms with E-state index in [1.165, 1.54) is 0 Å². The quantitative estimate of drug-likeness (QED) is 0.0689. The van der Waals surface area contributed by atoms with E-state index in [1.54, 1.807) is 100 Å². The van der Waals surface area contributed by atoms with Crippen LogP contribution in [0.25, 0.3) is 0 Å². The number of carbonyl (C=O) groups excluding carboxylic acids is 4. The van der Waals surface area contributed by atoms with Gasteiger partial charge in [-0.25, -0.2) is 4.79 Å². The van der Waals surface area contributed by atoms with Crippen LogP contribution in [0.1, 0.15) is 72.4 Å². The molecular formula is C39H40O8. The molecule has 0 atom stereocenters. The Bertz CT molecular complexity index is 1640. The van der Waals surface area contributed by atoms with Crippen molar-refractivity contribution < 1.29 is 38.1 Å². The molecule has 4 rings (SSSR count). The van der Waals surface area contributed by atoms with E-state index < -0.39 is 17.2 Å². The number of benzene rings is 4. The number of ketones is 3. The van der Waals surface area contributed by atoms with E-state index >= 15 is 0 Å². The first kappa shape index (κ1) is 34.8. The van der Waals surface area contributed by atoms with Gasteiger partial charge in [-0.15, -0.1) is 0 Å². The van der Waals surface area contributed by atoms with Gasteiger partial charge in [-0.1, -0.05) is 60.7 Å². The van der Waals surface area contributed by atoms with Crippen molar-refractivity contribution in [2.24, 2.45) is 0 Å². The fourth-order valence-electron chi connectivity index (χ4n) is 4.68. The Kier molecular flexibility index (Phi) is 11.8. The van der Waals surface area contributed by atoms with Crippen LogP contribution < -0.4 is 9.47 Å². The summed E-state index contributed by atoms with van der Waals surface area (Å²) in [6, 6.07) is 31.3. The molecule has 0 aliphatic carbocycles. The third-order valence-corrected chi connectivity index (χ3v) is 7.48. The van der Waals surface area contributed by atoms with Gasteiger partial charge in [0.2, 0.25) is 5.78 Å². The van der Waals surface area contributed by atoms with Crippen LogP contribution in [0.5, 0.6) is 11.5 Å². The molecule has 4 aromatic carbocycles. The Balaban J connectivity index is 1.14. The standard InChI is InChI=1S/C39H40O8/c1-38(2,47-35(41)27-45-33-22-18-31(19-23-33)37(43)29-14-9-6-10-15-29)24-11-25-46-39(3,4)34(40)26-44-32-20-16-30(17-21-32)36(42)28-12-7-5-8-13-28/h5-10,12-23H,11,24-27H2,1-4H3. The summed E-state index contributed by atoms with van der Waals surface area (Å²) in [7, 11) is 0. The minimum atomic E-state index is -1.08. The first-order valence-electron chi connectivity index (χ1n) is 15.5. The SMILES string of the molecule is CC(C)(CCCOC(C)(C)C(=O)COc1ccc(C(=O)c2ccccc2)cc1)OC(=O)COc1ccc(C(=O)c2ccccc2)cc1. The predicted octanol–water partition coefficient (Wildman–Crippen LogP) is 7.07.